The van der Waals surface area contributed by atoms with E-state index in [9.17, 15) is 19.2 Å². The lowest BCUT2D eigenvalue weighted by molar-refractivity contribution is -0.203. The Bertz CT molecular complexity index is 545. The van der Waals surface area contributed by atoms with Crippen LogP contribution in [0.1, 0.15) is 40.5 Å². The van der Waals surface area contributed by atoms with Gasteiger partial charge in [0.2, 0.25) is 0 Å². The van der Waals surface area contributed by atoms with Crippen LogP contribution >= 0.6 is 0 Å². The largest absolute Gasteiger partial charge is 0.463 e. The van der Waals surface area contributed by atoms with E-state index in [2.05, 4.69) is 6.58 Å². The maximum Gasteiger partial charge on any atom is 0.303 e. The third kappa shape index (κ3) is 14.2. The van der Waals surface area contributed by atoms with Crippen LogP contribution in [0.15, 0.2) is 12.7 Å². The second kappa shape index (κ2) is 15.5. The van der Waals surface area contributed by atoms with E-state index in [0.717, 1.165) is 26.7 Å². The number of carbonyl (C=O) groups is 4. The van der Waals surface area contributed by atoms with Crippen molar-refractivity contribution < 1.29 is 47.6 Å². The Labute approximate surface area is 170 Å². The maximum atomic E-state index is 11.6. The Morgan fingerprint density at radius 3 is 1.86 bits per heavy atom. The predicted molar refractivity (Wildman–Crippen MR) is 99.5 cm³/mol. The van der Waals surface area contributed by atoms with Crippen molar-refractivity contribution in [2.45, 2.75) is 58.8 Å². The summed E-state index contributed by atoms with van der Waals surface area (Å²) in [4.78, 5) is 45.5. The Morgan fingerprint density at radius 1 is 0.828 bits per heavy atom. The molecule has 29 heavy (non-hydrogen) atoms. The van der Waals surface area contributed by atoms with Gasteiger partial charge in [-0.1, -0.05) is 6.08 Å². The number of allylic oxidation sites excluding steroid dienone is 1. The van der Waals surface area contributed by atoms with Crippen LogP contribution in [-0.4, -0.2) is 68.8 Å². The second-order valence-corrected chi connectivity index (χ2v) is 5.99. The summed E-state index contributed by atoms with van der Waals surface area (Å²) in [6.07, 6.45) is -0.180. The minimum Gasteiger partial charge on any atom is -0.463 e. The zero-order valence-corrected chi connectivity index (χ0v) is 17.3. The molecule has 0 N–H and O–H groups in total. The minimum atomic E-state index is -1.22. The number of esters is 4. The van der Waals surface area contributed by atoms with Gasteiger partial charge in [-0.15, -0.1) is 6.58 Å². The van der Waals surface area contributed by atoms with Gasteiger partial charge in [0.1, 0.15) is 26.1 Å². The van der Waals surface area contributed by atoms with E-state index < -0.39 is 42.2 Å². The van der Waals surface area contributed by atoms with Crippen LogP contribution in [0.2, 0.25) is 0 Å². The summed E-state index contributed by atoms with van der Waals surface area (Å²) in [5.74, 6) is -2.59. The smallest absolute Gasteiger partial charge is 0.303 e. The van der Waals surface area contributed by atoms with Gasteiger partial charge in [-0.05, 0) is 12.8 Å². The number of carbonyl (C=O) groups excluding carboxylic acids is 4. The van der Waals surface area contributed by atoms with Crippen LogP contribution in [0.5, 0.6) is 0 Å². The van der Waals surface area contributed by atoms with Gasteiger partial charge in [0.25, 0.3) is 0 Å². The van der Waals surface area contributed by atoms with Crippen molar-refractivity contribution in [1.29, 1.82) is 0 Å². The number of unbranched alkanes of at least 4 members (excludes halogenated alkanes) is 1. The molecule has 0 rings (SSSR count). The van der Waals surface area contributed by atoms with E-state index in [1.807, 2.05) is 0 Å². The Kier molecular flexibility index (Phi) is 14.1. The van der Waals surface area contributed by atoms with Gasteiger partial charge in [0.15, 0.2) is 12.2 Å². The van der Waals surface area contributed by atoms with Crippen molar-refractivity contribution >= 4 is 23.9 Å². The molecule has 0 aromatic rings. The van der Waals surface area contributed by atoms with E-state index in [0.29, 0.717) is 6.61 Å². The Balaban J connectivity index is 5.34. The van der Waals surface area contributed by atoms with E-state index in [1.54, 1.807) is 6.08 Å². The normalized spacial score (nSPS) is 13.5. The molecule has 166 valence electrons. The summed E-state index contributed by atoms with van der Waals surface area (Å²) < 4.78 is 31.2. The molecule has 0 spiro atoms. The summed E-state index contributed by atoms with van der Waals surface area (Å²) in [6.45, 7) is 7.80. The van der Waals surface area contributed by atoms with E-state index in [4.69, 9.17) is 28.4 Å². The zero-order valence-electron chi connectivity index (χ0n) is 17.3. The van der Waals surface area contributed by atoms with Gasteiger partial charge in [-0.25, -0.2) is 0 Å². The summed E-state index contributed by atoms with van der Waals surface area (Å²) in [5, 5.41) is 0. The molecular formula is C19H30O10. The zero-order chi connectivity index (χ0) is 22.2. The lowest BCUT2D eigenvalue weighted by atomic mass is 10.1. The van der Waals surface area contributed by atoms with E-state index in [1.165, 1.54) is 13.8 Å². The van der Waals surface area contributed by atoms with Gasteiger partial charge < -0.3 is 28.4 Å². The van der Waals surface area contributed by atoms with Crippen molar-refractivity contribution in [3.05, 3.63) is 12.7 Å². The predicted octanol–water partition coefficient (Wildman–Crippen LogP) is 1.30. The molecule has 0 amide bonds. The summed E-state index contributed by atoms with van der Waals surface area (Å²) >= 11 is 0. The van der Waals surface area contributed by atoms with Crippen LogP contribution in [-0.2, 0) is 47.6 Å². The third-order valence-corrected chi connectivity index (χ3v) is 3.32. The van der Waals surface area contributed by atoms with Crippen LogP contribution in [0.3, 0.4) is 0 Å². The Hall–Kier alpha value is -2.46. The highest BCUT2D eigenvalue weighted by atomic mass is 16.7. The molecule has 10 heteroatoms. The molecule has 0 aromatic heterocycles. The highest BCUT2D eigenvalue weighted by Crippen LogP contribution is 2.16. The maximum absolute atomic E-state index is 11.6. The fraction of sp³-hybridized carbons (Fsp3) is 0.684. The quantitative estimate of drug-likeness (QED) is 0.126. The minimum absolute atomic E-state index is 0.193. The fourth-order valence-corrected chi connectivity index (χ4v) is 2.15. The van der Waals surface area contributed by atoms with Gasteiger partial charge in [-0.2, -0.15) is 0 Å². The average Bonchev–Trinajstić information content (AvgIpc) is 2.61. The van der Waals surface area contributed by atoms with Crippen molar-refractivity contribution in [3.63, 3.8) is 0 Å². The number of hydrogen-bond acceptors (Lipinski definition) is 10. The summed E-state index contributed by atoms with van der Waals surface area (Å²) in [7, 11) is 0. The van der Waals surface area contributed by atoms with Gasteiger partial charge >= 0.3 is 23.9 Å². The SMILES string of the molecule is C=CCCCOCOC(COC(C)=O)[C@H](OC(C)=O)[C@@H](COC(C)=O)OC(C)=O. The van der Waals surface area contributed by atoms with E-state index in [-0.39, 0.29) is 20.0 Å². The lowest BCUT2D eigenvalue weighted by Gasteiger charge is -2.31. The molecule has 0 saturated heterocycles. The molecule has 0 heterocycles. The van der Waals surface area contributed by atoms with Crippen LogP contribution < -0.4 is 0 Å². The van der Waals surface area contributed by atoms with Gasteiger partial charge in [0.05, 0.1) is 0 Å². The molecule has 10 nitrogen and oxygen atoms in total. The first-order chi connectivity index (χ1) is 13.7. The monoisotopic (exact) mass is 418 g/mol. The van der Waals surface area contributed by atoms with Crippen molar-refractivity contribution in [1.82, 2.24) is 0 Å². The highest BCUT2D eigenvalue weighted by Gasteiger charge is 2.37. The number of hydrogen-bond donors (Lipinski definition) is 0. The molecule has 0 aromatic carbocycles. The molecule has 1 unspecified atom stereocenters. The molecule has 3 atom stereocenters. The number of rotatable bonds is 15. The van der Waals surface area contributed by atoms with Crippen molar-refractivity contribution in [2.75, 3.05) is 26.6 Å². The molecule has 0 aliphatic carbocycles. The molecule has 0 radical (unpaired) electrons. The standard InChI is InChI=1S/C19H30O10/c1-6-7-8-9-24-12-27-17(10-25-13(2)20)19(29-16(5)23)18(28-15(4)22)11-26-14(3)21/h6,17-19H,1,7-12H2,2-5H3/t17?,18-,19+/m1/s1. The molecular weight excluding hydrogens is 388 g/mol. The van der Waals surface area contributed by atoms with E-state index >= 15 is 0 Å². The van der Waals surface area contributed by atoms with Crippen molar-refractivity contribution in [2.24, 2.45) is 0 Å². The number of ether oxygens (including phenoxy) is 6. The molecule has 0 fully saturated rings. The Morgan fingerprint density at radius 2 is 1.38 bits per heavy atom. The highest BCUT2D eigenvalue weighted by molar-refractivity contribution is 5.68. The fourth-order valence-electron chi connectivity index (χ4n) is 2.15. The van der Waals surface area contributed by atoms with Gasteiger partial charge in [-0.3, -0.25) is 19.2 Å². The van der Waals surface area contributed by atoms with Crippen LogP contribution in [0, 0.1) is 0 Å². The van der Waals surface area contributed by atoms with Crippen LogP contribution in [0.25, 0.3) is 0 Å². The summed E-state index contributed by atoms with van der Waals surface area (Å²) in [5.41, 5.74) is 0. The molecule has 0 bridgehead atoms. The van der Waals surface area contributed by atoms with Crippen LogP contribution in [0.4, 0.5) is 0 Å². The topological polar surface area (TPSA) is 124 Å². The summed E-state index contributed by atoms with van der Waals surface area (Å²) in [6, 6.07) is 0. The average molecular weight is 418 g/mol. The molecule has 0 aliphatic heterocycles. The second-order valence-electron chi connectivity index (χ2n) is 5.99. The van der Waals surface area contributed by atoms with Gasteiger partial charge in [0, 0.05) is 34.3 Å². The third-order valence-electron chi connectivity index (χ3n) is 3.32. The molecule has 0 saturated carbocycles. The first-order valence-corrected chi connectivity index (χ1v) is 9.08. The first kappa shape index (κ1) is 26.5. The lowest BCUT2D eigenvalue weighted by Crippen LogP contribution is -2.49. The molecule has 0 aliphatic rings. The van der Waals surface area contributed by atoms with Crippen molar-refractivity contribution in [3.8, 4) is 0 Å². The first-order valence-electron chi connectivity index (χ1n) is 9.08.